The molecule has 5 nitrogen and oxygen atoms in total. The molecule has 1 atom stereocenters. The fourth-order valence-electron chi connectivity index (χ4n) is 2.38. The summed E-state index contributed by atoms with van der Waals surface area (Å²) in [5.41, 5.74) is 0. The van der Waals surface area contributed by atoms with Crippen molar-refractivity contribution >= 4 is 6.03 Å². The second kappa shape index (κ2) is 7.59. The number of hydrogen-bond acceptors (Lipinski definition) is 3. The molecule has 0 radical (unpaired) electrons. The van der Waals surface area contributed by atoms with E-state index in [9.17, 15) is 9.90 Å². The number of nitrogens with zero attached hydrogens (tertiary/aromatic N) is 2. The summed E-state index contributed by atoms with van der Waals surface area (Å²) < 4.78 is 0. The number of likely N-dealkylation sites (tertiary alicyclic amines) is 1. The van der Waals surface area contributed by atoms with E-state index in [1.54, 1.807) is 18.9 Å². The first-order valence-electron chi connectivity index (χ1n) is 6.95. The monoisotopic (exact) mass is 257 g/mol. The van der Waals surface area contributed by atoms with Crippen molar-refractivity contribution in [2.24, 2.45) is 0 Å². The van der Waals surface area contributed by atoms with E-state index in [0.29, 0.717) is 6.54 Å². The van der Waals surface area contributed by atoms with Crippen molar-refractivity contribution in [2.75, 3.05) is 33.2 Å². The molecule has 2 amide bonds. The average Bonchev–Trinajstić information content (AvgIpc) is 2.31. The molecule has 18 heavy (non-hydrogen) atoms. The van der Waals surface area contributed by atoms with Crippen LogP contribution in [0.5, 0.6) is 0 Å². The van der Waals surface area contributed by atoms with E-state index in [2.05, 4.69) is 17.1 Å². The van der Waals surface area contributed by atoms with Crippen LogP contribution < -0.4 is 5.32 Å². The van der Waals surface area contributed by atoms with Crippen molar-refractivity contribution in [2.45, 2.75) is 45.3 Å². The highest BCUT2D eigenvalue weighted by Gasteiger charge is 2.21. The highest BCUT2D eigenvalue weighted by Crippen LogP contribution is 2.10. The Morgan fingerprint density at radius 1 is 1.50 bits per heavy atom. The Balaban J connectivity index is 2.25. The Labute approximate surface area is 110 Å². The van der Waals surface area contributed by atoms with Crippen LogP contribution in [0, 0.1) is 0 Å². The molecular formula is C13H27N3O2. The van der Waals surface area contributed by atoms with Gasteiger partial charge in [0.05, 0.1) is 6.10 Å². The molecule has 1 unspecified atom stereocenters. The van der Waals surface area contributed by atoms with E-state index in [4.69, 9.17) is 0 Å². The van der Waals surface area contributed by atoms with Crippen LogP contribution in [0.2, 0.25) is 0 Å². The molecule has 0 aromatic carbocycles. The number of likely N-dealkylation sites (N-methyl/N-ethyl adjacent to an activating group) is 1. The third-order valence-electron chi connectivity index (χ3n) is 3.34. The number of hydrogen-bond donors (Lipinski definition) is 2. The predicted octanol–water partition coefficient (Wildman–Crippen LogP) is 0.883. The topological polar surface area (TPSA) is 55.8 Å². The third-order valence-corrected chi connectivity index (χ3v) is 3.34. The summed E-state index contributed by atoms with van der Waals surface area (Å²) in [5.74, 6) is 0. The summed E-state index contributed by atoms with van der Waals surface area (Å²) in [4.78, 5) is 15.8. The van der Waals surface area contributed by atoms with Crippen LogP contribution in [0.1, 0.15) is 33.1 Å². The van der Waals surface area contributed by atoms with Crippen molar-refractivity contribution in [1.82, 2.24) is 15.1 Å². The van der Waals surface area contributed by atoms with Crippen molar-refractivity contribution < 1.29 is 9.90 Å². The summed E-state index contributed by atoms with van der Waals surface area (Å²) in [6, 6.07) is 0.201. The van der Waals surface area contributed by atoms with Crippen LogP contribution in [0.25, 0.3) is 0 Å². The number of rotatable bonds is 5. The van der Waals surface area contributed by atoms with Crippen LogP contribution in [0.15, 0.2) is 0 Å². The van der Waals surface area contributed by atoms with Crippen LogP contribution >= 0.6 is 0 Å². The van der Waals surface area contributed by atoms with Crippen molar-refractivity contribution in [1.29, 1.82) is 0 Å². The maximum absolute atomic E-state index is 11.8. The molecular weight excluding hydrogens is 230 g/mol. The SMILES string of the molecule is CCCN1CCC(NC(=O)N(C)CC(C)O)CC1. The van der Waals surface area contributed by atoms with Gasteiger partial charge in [0.1, 0.15) is 0 Å². The Hall–Kier alpha value is -0.810. The van der Waals surface area contributed by atoms with Gasteiger partial charge in [0.2, 0.25) is 0 Å². The van der Waals surface area contributed by atoms with Crippen LogP contribution in [-0.2, 0) is 0 Å². The minimum Gasteiger partial charge on any atom is -0.392 e. The van der Waals surface area contributed by atoms with Gasteiger partial charge in [-0.05, 0) is 32.7 Å². The van der Waals surface area contributed by atoms with E-state index >= 15 is 0 Å². The zero-order chi connectivity index (χ0) is 13.5. The smallest absolute Gasteiger partial charge is 0.317 e. The van der Waals surface area contributed by atoms with E-state index in [1.165, 1.54) is 6.42 Å². The van der Waals surface area contributed by atoms with Crippen molar-refractivity contribution in [3.63, 3.8) is 0 Å². The highest BCUT2D eigenvalue weighted by atomic mass is 16.3. The second-order valence-electron chi connectivity index (χ2n) is 5.29. The number of amides is 2. The third kappa shape index (κ3) is 5.23. The molecule has 1 aliphatic rings. The summed E-state index contributed by atoms with van der Waals surface area (Å²) in [5, 5.41) is 12.3. The van der Waals surface area contributed by atoms with Gasteiger partial charge in [-0.3, -0.25) is 0 Å². The van der Waals surface area contributed by atoms with Crippen LogP contribution in [-0.4, -0.2) is 66.3 Å². The first kappa shape index (κ1) is 15.2. The van der Waals surface area contributed by atoms with Crippen molar-refractivity contribution in [3.05, 3.63) is 0 Å². The minimum atomic E-state index is -0.479. The van der Waals surface area contributed by atoms with E-state index in [-0.39, 0.29) is 12.1 Å². The zero-order valence-electron chi connectivity index (χ0n) is 11.9. The lowest BCUT2D eigenvalue weighted by atomic mass is 10.1. The summed E-state index contributed by atoms with van der Waals surface area (Å²) >= 11 is 0. The molecule has 0 aliphatic carbocycles. The number of piperidine rings is 1. The Kier molecular flexibility index (Phi) is 6.43. The standard InChI is InChI=1S/C13H27N3O2/c1-4-7-16-8-5-12(6-9-16)14-13(18)15(3)10-11(2)17/h11-12,17H,4-10H2,1-3H3,(H,14,18). The lowest BCUT2D eigenvalue weighted by Gasteiger charge is -2.33. The van der Waals surface area contributed by atoms with Gasteiger partial charge in [-0.1, -0.05) is 6.92 Å². The van der Waals surface area contributed by atoms with Gasteiger partial charge in [0.15, 0.2) is 0 Å². The molecule has 0 spiro atoms. The molecule has 1 saturated heterocycles. The van der Waals surface area contributed by atoms with Gasteiger partial charge in [0, 0.05) is 32.7 Å². The molecule has 1 fully saturated rings. The number of aliphatic hydroxyl groups excluding tert-OH is 1. The van der Waals surface area contributed by atoms with Gasteiger partial charge in [0.25, 0.3) is 0 Å². The first-order valence-corrected chi connectivity index (χ1v) is 6.95. The molecule has 0 aromatic heterocycles. The summed E-state index contributed by atoms with van der Waals surface area (Å²) in [7, 11) is 1.72. The Morgan fingerprint density at radius 2 is 2.11 bits per heavy atom. The molecule has 106 valence electrons. The lowest BCUT2D eigenvalue weighted by molar-refractivity contribution is 0.138. The summed E-state index contributed by atoms with van der Waals surface area (Å²) in [6.07, 6.45) is 2.75. The number of nitrogens with one attached hydrogen (secondary N) is 1. The normalized spacial score (nSPS) is 19.6. The van der Waals surface area contributed by atoms with E-state index < -0.39 is 6.10 Å². The fourth-order valence-corrected chi connectivity index (χ4v) is 2.38. The number of urea groups is 1. The van der Waals surface area contributed by atoms with Crippen molar-refractivity contribution in [3.8, 4) is 0 Å². The quantitative estimate of drug-likeness (QED) is 0.769. The van der Waals surface area contributed by atoms with Crippen LogP contribution in [0.4, 0.5) is 4.79 Å². The van der Waals surface area contributed by atoms with E-state index in [1.807, 2.05) is 0 Å². The number of aliphatic hydroxyl groups is 1. The predicted molar refractivity (Wildman–Crippen MR) is 72.6 cm³/mol. The highest BCUT2D eigenvalue weighted by molar-refractivity contribution is 5.74. The largest absolute Gasteiger partial charge is 0.392 e. The first-order chi connectivity index (χ1) is 8.52. The Bertz CT molecular complexity index is 251. The summed E-state index contributed by atoms with van der Waals surface area (Å²) in [6.45, 7) is 7.55. The van der Waals surface area contributed by atoms with Crippen LogP contribution in [0.3, 0.4) is 0 Å². The van der Waals surface area contributed by atoms with Gasteiger partial charge in [-0.25, -0.2) is 4.79 Å². The average molecular weight is 257 g/mol. The number of carbonyl (C=O) groups is 1. The minimum absolute atomic E-state index is 0.0789. The van der Waals surface area contributed by atoms with Gasteiger partial charge >= 0.3 is 6.03 Å². The molecule has 0 bridgehead atoms. The zero-order valence-corrected chi connectivity index (χ0v) is 11.9. The molecule has 1 aliphatic heterocycles. The fraction of sp³-hybridized carbons (Fsp3) is 0.923. The Morgan fingerprint density at radius 3 is 2.61 bits per heavy atom. The van der Waals surface area contributed by atoms with Gasteiger partial charge in [-0.2, -0.15) is 0 Å². The molecule has 0 saturated carbocycles. The number of carbonyl (C=O) groups excluding carboxylic acids is 1. The molecule has 1 heterocycles. The molecule has 0 aromatic rings. The lowest BCUT2D eigenvalue weighted by Crippen LogP contribution is -2.49. The molecule has 2 N–H and O–H groups in total. The van der Waals surface area contributed by atoms with E-state index in [0.717, 1.165) is 32.5 Å². The maximum Gasteiger partial charge on any atom is 0.317 e. The van der Waals surface area contributed by atoms with Gasteiger partial charge in [-0.15, -0.1) is 0 Å². The molecule has 1 rings (SSSR count). The maximum atomic E-state index is 11.8. The molecule has 5 heteroatoms. The van der Waals surface area contributed by atoms with Gasteiger partial charge < -0.3 is 20.2 Å². The second-order valence-corrected chi connectivity index (χ2v) is 5.29.